The number of hydrogen-bond acceptors (Lipinski definition) is 30. The number of aryl methyl sites for hydroxylation is 6. The number of nitrogens with one attached hydrogen (secondary N) is 4. The van der Waals surface area contributed by atoms with Crippen LogP contribution in [0.4, 0.5) is 32.5 Å². The van der Waals surface area contributed by atoms with Crippen LogP contribution in [-0.2, 0) is 53.0 Å². The molecule has 34 nitrogen and oxygen atoms in total. The third kappa shape index (κ3) is 18.8. The maximum atomic E-state index is 12.8. The summed E-state index contributed by atoms with van der Waals surface area (Å²) in [6.07, 6.45) is 19.1. The first kappa shape index (κ1) is 80.0. The van der Waals surface area contributed by atoms with Gasteiger partial charge >= 0.3 is 92.9 Å². The number of amides is 1. The number of hydrogen-bond donors (Lipinski definition) is 4. The number of methoxy groups -OCH3 is 3. The van der Waals surface area contributed by atoms with Gasteiger partial charge in [-0.2, -0.15) is 4.39 Å². The summed E-state index contributed by atoms with van der Waals surface area (Å²) in [6, 6.07) is 8.39. The molecule has 11 aromatic heterocycles. The molecule has 3 unspecified atom stereocenters. The number of ether oxygens (including phenoxy) is 4. The van der Waals surface area contributed by atoms with Gasteiger partial charge in [0.25, 0.3) is 0 Å². The molecule has 550 valence electrons. The molecular weight excluding hydrogens is 1490 g/mol. The van der Waals surface area contributed by atoms with E-state index in [0.29, 0.717) is 115 Å². The van der Waals surface area contributed by atoms with Crippen molar-refractivity contribution >= 4 is 80.8 Å². The van der Waals surface area contributed by atoms with Crippen LogP contribution in [0.1, 0.15) is 78.3 Å². The quantitative estimate of drug-likeness (QED) is 0.0595. The fourth-order valence-electron chi connectivity index (χ4n) is 12.2. The molecule has 3 aliphatic heterocycles. The summed E-state index contributed by atoms with van der Waals surface area (Å²) in [5.74, 6) is 5.26. The van der Waals surface area contributed by atoms with Gasteiger partial charge < -0.3 is 63.5 Å². The van der Waals surface area contributed by atoms with Crippen molar-refractivity contribution in [2.75, 3.05) is 61.8 Å². The third-order valence-corrected chi connectivity index (χ3v) is 17.1. The molecule has 0 saturated carbocycles. The molecule has 0 radical (unpaired) electrons. The van der Waals surface area contributed by atoms with E-state index in [1.165, 1.54) is 57.5 Å². The van der Waals surface area contributed by atoms with Crippen LogP contribution < -0.4 is 99.8 Å². The van der Waals surface area contributed by atoms with Crippen molar-refractivity contribution in [2.24, 2.45) is 0 Å². The molecule has 37 heteroatoms. The van der Waals surface area contributed by atoms with E-state index in [1.807, 2.05) is 78.3 Å². The van der Waals surface area contributed by atoms with Gasteiger partial charge in [0.2, 0.25) is 5.95 Å². The zero-order valence-electron chi connectivity index (χ0n) is 61.0. The van der Waals surface area contributed by atoms with Gasteiger partial charge in [0.1, 0.15) is 83.5 Å². The zero-order chi connectivity index (χ0) is 73.8. The summed E-state index contributed by atoms with van der Waals surface area (Å²) in [6.45, 7) is 20.4. The number of imidazole rings is 3. The number of esters is 3. The van der Waals surface area contributed by atoms with Gasteiger partial charge in [-0.3, -0.25) is 9.69 Å². The molecule has 4 N–H and O–H groups in total. The number of pyridine rings is 2. The van der Waals surface area contributed by atoms with Crippen LogP contribution >= 0.6 is 0 Å². The van der Waals surface area contributed by atoms with E-state index >= 15 is 0 Å². The number of rotatable bonds is 16. The van der Waals surface area contributed by atoms with E-state index in [-0.39, 0.29) is 116 Å². The molecule has 14 rings (SSSR count). The van der Waals surface area contributed by atoms with Crippen molar-refractivity contribution in [1.29, 1.82) is 0 Å². The van der Waals surface area contributed by atoms with Crippen molar-refractivity contribution in [3.63, 3.8) is 0 Å². The number of likely N-dealkylation sites (tertiary alicyclic amines) is 1. The fourth-order valence-corrected chi connectivity index (χ4v) is 12.2. The standard InChI is InChI=1S/C23H25N9O2.C23H30N8O4.C18H22N8O2.C5H4FN.Cs.FH/c1-4-31-21(15-10-25-14(2)26-11-15)30-19-20(27-13-28-22(19)31)29-16-9-17(23(33)34-3)32(12-16)18-7-5-6-8-24-18;1-7-30-19(14-9-24-13(2)25-10-14)29-17-18(26-12-27-20(17)30)28-15-8-16(21(32)34-6)31(11-15)22(33)35-23(3,4)5;1-4-26-16(11-6-19-10(2)20-7-11)25-14-15(22-9-23-17(14)26)24-12-5-13(21-8-12)18(27)28-3;6-5-3-1-2-4-7-5;;/h5-8,10-11,13,16-17H,4,9,12H2,1-3H3,(H,27,28,29);9-10,12,15-16H,7-8,11H2,1-6H3,(H,26,27,28);6-7,9,12-13,21H,4-5,8H2,1-3H3,(H,22,23,24);1-4H;;1H/q;;;;+1;/p-1/t16?,17-;15?,16-;12?,13-;;;/m111.../s1. The minimum Gasteiger partial charge on any atom is -1.00 e. The third-order valence-electron chi connectivity index (χ3n) is 17.1. The van der Waals surface area contributed by atoms with Crippen molar-refractivity contribution < 1.29 is 116 Å². The molecule has 106 heavy (non-hydrogen) atoms. The second-order valence-electron chi connectivity index (χ2n) is 25.2. The largest absolute Gasteiger partial charge is 1.00 e. The molecule has 0 aromatic carbocycles. The van der Waals surface area contributed by atoms with Crippen LogP contribution in [0, 0.1) is 26.7 Å². The van der Waals surface area contributed by atoms with Crippen LogP contribution in [0.3, 0.4) is 0 Å². The predicted octanol–water partition coefficient (Wildman–Crippen LogP) is 0.969. The Hall–Kier alpha value is -10.1. The number of fused-ring (bicyclic) bond motifs is 3. The minimum atomic E-state index is -0.766. The summed E-state index contributed by atoms with van der Waals surface area (Å²) >= 11 is 0. The number of carbonyl (C=O) groups excluding carboxylic acids is 4. The van der Waals surface area contributed by atoms with E-state index in [2.05, 4.69) is 91.0 Å². The van der Waals surface area contributed by atoms with E-state index in [4.69, 9.17) is 33.9 Å². The van der Waals surface area contributed by atoms with Crippen molar-refractivity contribution in [2.45, 2.75) is 143 Å². The minimum absolute atomic E-state index is 0. The Morgan fingerprint density at radius 3 is 1.30 bits per heavy atom. The first-order valence-corrected chi connectivity index (χ1v) is 33.7. The Kier molecular flexibility index (Phi) is 27.4. The normalized spacial score (nSPS) is 17.3. The smallest absolute Gasteiger partial charge is 1.00 e. The molecule has 0 spiro atoms. The maximum Gasteiger partial charge on any atom is 1.00 e. The fraction of sp³-hybridized carbons (Fsp3) is 0.406. The summed E-state index contributed by atoms with van der Waals surface area (Å²) in [5.41, 5.74) is 5.75. The predicted molar refractivity (Wildman–Crippen MR) is 380 cm³/mol. The number of carbonyl (C=O) groups is 4. The Morgan fingerprint density at radius 1 is 0.519 bits per heavy atom. The van der Waals surface area contributed by atoms with Gasteiger partial charge in [0.15, 0.2) is 50.9 Å². The number of anilines is 4. The Labute approximate surface area is 667 Å². The number of nitrogens with zero attached hydrogens (tertiary/aromatic N) is 22. The maximum absolute atomic E-state index is 12.8. The molecule has 0 bridgehead atoms. The van der Waals surface area contributed by atoms with Crippen LogP contribution in [0.15, 0.2) is 105 Å². The van der Waals surface area contributed by atoms with Gasteiger partial charge in [0, 0.05) is 120 Å². The summed E-state index contributed by atoms with van der Waals surface area (Å²) < 4.78 is 38.1. The number of aromatic nitrogens is 20. The molecule has 1 amide bonds. The average molecular weight is 1570 g/mol. The molecule has 3 aliphatic rings. The van der Waals surface area contributed by atoms with Gasteiger partial charge in [-0.15, -0.1) is 0 Å². The summed E-state index contributed by atoms with van der Waals surface area (Å²) in [4.78, 5) is 127. The van der Waals surface area contributed by atoms with E-state index in [9.17, 15) is 23.6 Å². The average Bonchev–Trinajstić information content (AvgIpc) is 1.64. The van der Waals surface area contributed by atoms with E-state index in [0.717, 1.165) is 45.5 Å². The van der Waals surface area contributed by atoms with Gasteiger partial charge in [0.05, 0.1) is 38.0 Å². The molecule has 0 aliphatic carbocycles. The summed E-state index contributed by atoms with van der Waals surface area (Å²) in [5, 5.41) is 13.4. The van der Waals surface area contributed by atoms with Crippen LogP contribution in [0.25, 0.3) is 67.7 Å². The first-order chi connectivity index (χ1) is 50.2. The Balaban J connectivity index is 0.000000175. The molecule has 11 aromatic rings. The molecule has 14 heterocycles. The van der Waals surface area contributed by atoms with Crippen LogP contribution in [0.2, 0.25) is 0 Å². The summed E-state index contributed by atoms with van der Waals surface area (Å²) in [7, 11) is 4.10. The molecule has 3 saturated heterocycles. The SMILES string of the molecule is CCn1c(-c2cnc(C)nc2)nc2c(NC3CN[C@@H](C(=O)OC)C3)ncnc21.CCn1c(-c2cnc(C)nc2)nc2c(NC3C[C@H](C(=O)OC)N(C(=O)OC(C)(C)C)C3)ncnc21.CCn1c(-c2cnc(C)nc2)nc2c(NC3C[C@H](C(=O)OC)N(c4ccccn4)C3)ncnc21.Fc1ccccn1.[Cs+].[F-]. The molecule has 6 atom stereocenters. The zero-order valence-corrected chi connectivity index (χ0v) is 67.3. The topological polar surface area (TPSA) is 394 Å². The monoisotopic (exact) mass is 1570 g/mol. The van der Waals surface area contributed by atoms with Crippen molar-refractivity contribution in [1.82, 2.24) is 109 Å². The first-order valence-electron chi connectivity index (χ1n) is 33.7. The van der Waals surface area contributed by atoms with Crippen molar-refractivity contribution in [3.8, 4) is 34.2 Å². The second-order valence-corrected chi connectivity index (χ2v) is 25.2. The molecular formula is C69H81CsF2N26O8. The van der Waals surface area contributed by atoms with Gasteiger partial charge in [-0.1, -0.05) is 12.1 Å². The van der Waals surface area contributed by atoms with Crippen LogP contribution in [0.5, 0.6) is 0 Å². The van der Waals surface area contributed by atoms with Gasteiger partial charge in [-0.25, -0.2) is 99.1 Å². The van der Waals surface area contributed by atoms with Crippen molar-refractivity contribution in [3.05, 3.63) is 128 Å². The van der Waals surface area contributed by atoms with Gasteiger partial charge in [-0.05, 0) is 93.0 Å². The Bertz CT molecular complexity index is 4790. The van der Waals surface area contributed by atoms with E-state index < -0.39 is 35.7 Å². The second kappa shape index (κ2) is 36.3. The number of halogens is 2. The van der Waals surface area contributed by atoms with E-state index in [1.54, 1.807) is 76.3 Å². The van der Waals surface area contributed by atoms with Crippen LogP contribution in [-0.4, -0.2) is 210 Å². The Morgan fingerprint density at radius 2 is 0.925 bits per heavy atom. The molecule has 3 fully saturated rings.